The summed E-state index contributed by atoms with van der Waals surface area (Å²) in [6, 6.07) is 5.05. The Morgan fingerprint density at radius 3 is 2.71 bits per heavy atom. The second-order valence-electron chi connectivity index (χ2n) is 4.27. The number of aliphatic carboxylic acids is 1. The first kappa shape index (κ1) is 16.2. The fourth-order valence-corrected chi connectivity index (χ4v) is 4.53. The Balaban J connectivity index is 2.34. The fraction of sp³-hybridized carbons (Fsp3) is 0.250. The van der Waals surface area contributed by atoms with Gasteiger partial charge >= 0.3 is 5.97 Å². The highest BCUT2D eigenvalue weighted by Crippen LogP contribution is 2.30. The Bertz CT molecular complexity index is 771. The summed E-state index contributed by atoms with van der Waals surface area (Å²) in [7, 11) is -3.97. The van der Waals surface area contributed by atoms with Crippen LogP contribution in [-0.2, 0) is 14.8 Å². The highest BCUT2D eigenvalue weighted by atomic mass is 35.5. The van der Waals surface area contributed by atoms with Gasteiger partial charge in [-0.1, -0.05) is 11.6 Å². The third-order valence-corrected chi connectivity index (χ3v) is 6.03. The van der Waals surface area contributed by atoms with E-state index in [2.05, 4.69) is 4.72 Å². The second kappa shape index (κ2) is 6.29. The van der Waals surface area contributed by atoms with Crippen molar-refractivity contribution in [3.63, 3.8) is 0 Å². The lowest BCUT2D eigenvalue weighted by Gasteiger charge is -2.12. The van der Waals surface area contributed by atoms with Crippen molar-refractivity contribution in [2.45, 2.75) is 16.7 Å². The minimum atomic E-state index is -3.97. The smallest absolute Gasteiger partial charge is 0.321 e. The van der Waals surface area contributed by atoms with Crippen molar-refractivity contribution in [3.05, 3.63) is 29.3 Å². The number of carbonyl (C=O) groups is 1. The number of sulfonamides is 1. The summed E-state index contributed by atoms with van der Waals surface area (Å²) in [6.07, 6.45) is -0.203. The van der Waals surface area contributed by atoms with E-state index < -0.39 is 28.6 Å². The molecule has 0 radical (unpaired) electrons. The molecule has 21 heavy (non-hydrogen) atoms. The van der Waals surface area contributed by atoms with Crippen LogP contribution >= 0.6 is 22.9 Å². The van der Waals surface area contributed by atoms with Crippen LogP contribution in [0.5, 0.6) is 0 Å². The van der Waals surface area contributed by atoms with Gasteiger partial charge in [-0.15, -0.1) is 11.3 Å². The van der Waals surface area contributed by atoms with Crippen LogP contribution in [0, 0.1) is 0 Å². The molecular weight excluding hydrogens is 338 g/mol. The average Bonchev–Trinajstić information content (AvgIpc) is 2.81. The van der Waals surface area contributed by atoms with Crippen molar-refractivity contribution in [1.29, 1.82) is 0 Å². The SMILES string of the molecule is O=C(O)[C@H](CCO)NS(=O)(=O)c1cc2cc(Cl)ccc2s1. The normalized spacial score (nSPS) is 13.4. The Morgan fingerprint density at radius 2 is 2.10 bits per heavy atom. The van der Waals surface area contributed by atoms with E-state index in [1.165, 1.54) is 6.07 Å². The monoisotopic (exact) mass is 349 g/mol. The number of carboxylic acid groups (broad SMARTS) is 1. The molecule has 0 unspecified atom stereocenters. The summed E-state index contributed by atoms with van der Waals surface area (Å²) < 4.78 is 27.2. The Kier molecular flexibility index (Phi) is 4.84. The van der Waals surface area contributed by atoms with Crippen molar-refractivity contribution < 1.29 is 23.4 Å². The predicted molar refractivity (Wildman–Crippen MR) is 80.3 cm³/mol. The maximum absolute atomic E-state index is 12.2. The number of nitrogens with one attached hydrogen (secondary N) is 1. The molecule has 2 aromatic rings. The molecule has 0 bridgehead atoms. The predicted octanol–water partition coefficient (Wildman–Crippen LogP) is 1.67. The molecule has 0 saturated heterocycles. The summed E-state index contributed by atoms with van der Waals surface area (Å²) in [5.41, 5.74) is 0. The lowest BCUT2D eigenvalue weighted by molar-refractivity contribution is -0.139. The molecule has 0 spiro atoms. The zero-order valence-electron chi connectivity index (χ0n) is 10.6. The van der Waals surface area contributed by atoms with E-state index in [0.29, 0.717) is 10.4 Å². The molecule has 0 aliphatic heterocycles. The van der Waals surface area contributed by atoms with Gasteiger partial charge in [0.2, 0.25) is 0 Å². The van der Waals surface area contributed by atoms with Crippen molar-refractivity contribution in [2.75, 3.05) is 6.61 Å². The molecule has 1 aromatic carbocycles. The minimum absolute atomic E-state index is 0.00366. The summed E-state index contributed by atoms with van der Waals surface area (Å²) >= 11 is 6.86. The second-order valence-corrected chi connectivity index (χ2v) is 7.73. The van der Waals surface area contributed by atoms with Crippen LogP contribution in [0.15, 0.2) is 28.5 Å². The van der Waals surface area contributed by atoms with Crippen molar-refractivity contribution in [2.24, 2.45) is 0 Å². The van der Waals surface area contributed by atoms with Gasteiger partial charge in [-0.3, -0.25) is 4.79 Å². The van der Waals surface area contributed by atoms with E-state index in [1.54, 1.807) is 18.2 Å². The van der Waals surface area contributed by atoms with Gasteiger partial charge in [-0.05, 0) is 36.1 Å². The van der Waals surface area contributed by atoms with E-state index in [0.717, 1.165) is 16.0 Å². The average molecular weight is 350 g/mol. The van der Waals surface area contributed by atoms with Crippen molar-refractivity contribution >= 4 is 49.0 Å². The summed E-state index contributed by atoms with van der Waals surface area (Å²) in [5, 5.41) is 18.9. The molecule has 114 valence electrons. The molecule has 1 atom stereocenters. The van der Waals surface area contributed by atoms with Gasteiger partial charge in [0, 0.05) is 16.3 Å². The van der Waals surface area contributed by atoms with Gasteiger partial charge in [0.05, 0.1) is 0 Å². The molecule has 0 aliphatic rings. The maximum atomic E-state index is 12.2. The molecule has 0 amide bonds. The van der Waals surface area contributed by atoms with E-state index in [4.69, 9.17) is 21.8 Å². The fourth-order valence-electron chi connectivity index (χ4n) is 1.73. The number of fused-ring (bicyclic) bond motifs is 1. The maximum Gasteiger partial charge on any atom is 0.321 e. The van der Waals surface area contributed by atoms with Gasteiger partial charge in [0.1, 0.15) is 10.3 Å². The standard InChI is InChI=1S/C12H12ClNO5S2/c13-8-1-2-10-7(5-8)6-11(20-10)21(18,19)14-9(3-4-15)12(16)17/h1-2,5-6,9,14-15H,3-4H2,(H,16,17)/t9-/m0/s1. The molecule has 2 rings (SSSR count). The summed E-state index contributed by atoms with van der Waals surface area (Å²) in [4.78, 5) is 11.0. The number of thiophene rings is 1. The molecule has 6 nitrogen and oxygen atoms in total. The molecular formula is C12H12ClNO5S2. The third kappa shape index (κ3) is 3.72. The van der Waals surface area contributed by atoms with E-state index in [-0.39, 0.29) is 10.6 Å². The lowest BCUT2D eigenvalue weighted by Crippen LogP contribution is -2.41. The van der Waals surface area contributed by atoms with Gasteiger partial charge in [0.25, 0.3) is 10.0 Å². The van der Waals surface area contributed by atoms with Crippen molar-refractivity contribution in [1.82, 2.24) is 4.72 Å². The van der Waals surface area contributed by atoms with Gasteiger partial charge in [-0.2, -0.15) is 4.72 Å². The molecule has 0 saturated carbocycles. The largest absolute Gasteiger partial charge is 0.480 e. The Morgan fingerprint density at radius 1 is 1.38 bits per heavy atom. The van der Waals surface area contributed by atoms with Crippen molar-refractivity contribution in [3.8, 4) is 0 Å². The van der Waals surface area contributed by atoms with E-state index in [1.807, 2.05) is 0 Å². The highest BCUT2D eigenvalue weighted by Gasteiger charge is 2.26. The number of aliphatic hydroxyl groups excluding tert-OH is 1. The number of aliphatic hydroxyl groups is 1. The summed E-state index contributed by atoms with van der Waals surface area (Å²) in [5.74, 6) is -1.34. The molecule has 0 aliphatic carbocycles. The van der Waals surface area contributed by atoms with Crippen LogP contribution in [-0.4, -0.2) is 37.2 Å². The number of hydrogen-bond acceptors (Lipinski definition) is 5. The number of carboxylic acids is 1. The first-order valence-corrected chi connectivity index (χ1v) is 8.56. The summed E-state index contributed by atoms with van der Waals surface area (Å²) in [6.45, 7) is -0.429. The molecule has 3 N–H and O–H groups in total. The molecule has 1 heterocycles. The lowest BCUT2D eigenvalue weighted by atomic mass is 10.2. The minimum Gasteiger partial charge on any atom is -0.480 e. The Labute approximate surface area is 130 Å². The van der Waals surface area contributed by atoms with Crippen LogP contribution < -0.4 is 4.72 Å². The molecule has 0 fully saturated rings. The number of hydrogen-bond donors (Lipinski definition) is 3. The van der Waals surface area contributed by atoms with Crippen LogP contribution in [0.4, 0.5) is 0 Å². The zero-order valence-corrected chi connectivity index (χ0v) is 13.0. The van der Waals surface area contributed by atoms with Crippen LogP contribution in [0.25, 0.3) is 10.1 Å². The van der Waals surface area contributed by atoms with Gasteiger partial charge < -0.3 is 10.2 Å². The highest BCUT2D eigenvalue weighted by molar-refractivity contribution is 7.91. The number of rotatable bonds is 6. The quantitative estimate of drug-likeness (QED) is 0.736. The third-order valence-electron chi connectivity index (χ3n) is 2.73. The van der Waals surface area contributed by atoms with Gasteiger partial charge in [-0.25, -0.2) is 8.42 Å². The topological polar surface area (TPSA) is 104 Å². The Hall–Kier alpha value is -1.19. The van der Waals surface area contributed by atoms with Gasteiger partial charge in [0.15, 0.2) is 0 Å². The van der Waals surface area contributed by atoms with Crippen LogP contribution in [0.2, 0.25) is 5.02 Å². The molecule has 1 aromatic heterocycles. The zero-order chi connectivity index (χ0) is 15.6. The first-order chi connectivity index (χ1) is 9.83. The number of benzene rings is 1. The van der Waals surface area contributed by atoms with E-state index >= 15 is 0 Å². The molecule has 9 heteroatoms. The van der Waals surface area contributed by atoms with Crippen LogP contribution in [0.3, 0.4) is 0 Å². The first-order valence-electron chi connectivity index (χ1n) is 5.88. The van der Waals surface area contributed by atoms with E-state index in [9.17, 15) is 13.2 Å². The number of halogens is 1. The van der Waals surface area contributed by atoms with Crippen LogP contribution in [0.1, 0.15) is 6.42 Å².